The van der Waals surface area contributed by atoms with Crippen LogP contribution in [0.2, 0.25) is 5.82 Å². The van der Waals surface area contributed by atoms with Crippen molar-refractivity contribution in [1.82, 2.24) is 12.2 Å². The number of esters is 3. The van der Waals surface area contributed by atoms with Gasteiger partial charge in [-0.15, -0.1) is 0 Å². The first-order valence-corrected chi connectivity index (χ1v) is 44.6. The van der Waals surface area contributed by atoms with Crippen molar-refractivity contribution in [3.05, 3.63) is 300 Å². The van der Waals surface area contributed by atoms with E-state index in [4.69, 9.17) is 53.3 Å². The lowest BCUT2D eigenvalue weighted by Gasteiger charge is -2.17. The molecule has 0 aliphatic heterocycles. The van der Waals surface area contributed by atoms with E-state index in [9.17, 15) is 87.4 Å². The topological polar surface area (TPSA) is 337 Å². The number of halogens is 14. The Labute approximate surface area is 809 Å². The number of hydrogen-bond donors (Lipinski definition) is 6. The molecule has 24 nitrogen and oxygen atoms in total. The normalized spacial score (nSPS) is 12.1. The summed E-state index contributed by atoms with van der Waals surface area (Å²) >= 11 is 10.8. The van der Waals surface area contributed by atoms with Crippen LogP contribution in [0.3, 0.4) is 0 Å². The van der Waals surface area contributed by atoms with Gasteiger partial charge >= 0.3 is 55.2 Å². The number of carbonyl (C=O) groups excluding carboxylic acids is 4. The van der Waals surface area contributed by atoms with Crippen LogP contribution in [0.4, 0.5) is 43.9 Å². The van der Waals surface area contributed by atoms with Crippen LogP contribution in [-0.4, -0.2) is 134 Å². The van der Waals surface area contributed by atoms with Crippen LogP contribution in [0.5, 0.6) is 28.7 Å². The van der Waals surface area contributed by atoms with Crippen LogP contribution in [0, 0.1) is 61.7 Å². The van der Waals surface area contributed by atoms with Gasteiger partial charge in [0.25, 0.3) is 0 Å². The average Bonchev–Trinajstić information content (AvgIpc) is 1.54. The van der Waals surface area contributed by atoms with Crippen molar-refractivity contribution >= 4 is 121 Å². The summed E-state index contributed by atoms with van der Waals surface area (Å²) < 4.78 is 179. The first kappa shape index (κ1) is 111. The van der Waals surface area contributed by atoms with E-state index in [0.29, 0.717) is 79.8 Å². The Hall–Kier alpha value is -11.4. The second-order valence-electron chi connectivity index (χ2n) is 31.2. The van der Waals surface area contributed by atoms with Crippen LogP contribution >= 0.6 is 70.8 Å². The summed E-state index contributed by atoms with van der Waals surface area (Å²) in [5, 5.41) is 42.9. The van der Waals surface area contributed by atoms with Gasteiger partial charge in [-0.05, 0) is 284 Å². The van der Waals surface area contributed by atoms with Crippen LogP contribution in [-0.2, 0) is 14.2 Å². The highest BCUT2D eigenvalue weighted by atomic mass is 127. The standard InChI is InChI=1S/C19H18F2O3.C19H18F2O2.C17H15BrF2O3.C17H16F2O3.C11H13IO3.C6H5BF2O2.C3H7BO2.C3HBr2N3O3/c1-10(2)24-18-9-15(13-6-5-12(20)7-17(13)21)14(11-3-4-11)8-16(18)19(22)23;1-11(2)23-19-9-17(15-6-5-14(20)8-18(15)21)16(12-3-4-12)7-13(19)10-22;1-9(2)23-16-8-12(11-5-4-10(19)6-15(11)20)14(18)7-13(16)17(21)22-3;1-10(2)22-16-8-11(4-6-14(16)17(20)21-3)13-7-5-12(18)9-15(13)19;1-7(2)15-10-6-8(12)4-5-9(10)11(13)14-3;8-4-1-2-5(7(10)11)6(9)3-4;5-4(6)3-1-2-3;4-7-1(9)6-2(10)8(5)3(7)11/h5-11H,3-4H2,1-2H3,(H,22,23);5-12H,3-4H2,1-2H3;4-9H,1-3H3;4-10H,1-3H3;4-7H,1-3H3;1-3,10-11H;3,5-6H,1-2H2;(H,6,9,10). The fourth-order valence-electron chi connectivity index (χ4n) is 12.3. The van der Waals surface area contributed by atoms with Gasteiger partial charge < -0.3 is 63.1 Å². The molecule has 0 spiro atoms. The zero-order valence-electron chi connectivity index (χ0n) is 74.6. The number of carboxylic acids is 1. The minimum absolute atomic E-state index is 0.0339. The maximum atomic E-state index is 14.3. The minimum atomic E-state index is -1.89. The maximum absolute atomic E-state index is 14.3. The van der Waals surface area contributed by atoms with E-state index in [1.165, 1.54) is 88.1 Å². The fourth-order valence-corrected chi connectivity index (χ4v) is 14.1. The van der Waals surface area contributed by atoms with Gasteiger partial charge in [0.2, 0.25) is 0 Å². The van der Waals surface area contributed by atoms with Gasteiger partial charge in [-0.1, -0.05) is 40.9 Å². The summed E-state index contributed by atoms with van der Waals surface area (Å²) in [4.78, 5) is 91.9. The molecule has 3 aliphatic carbocycles. The Morgan fingerprint density at radius 2 is 0.763 bits per heavy atom. The Morgan fingerprint density at radius 3 is 1.13 bits per heavy atom. The number of H-pyrrole nitrogens is 1. The summed E-state index contributed by atoms with van der Waals surface area (Å²) in [5.41, 5.74) is 3.61. The molecular formula is C95H93B2Br3F10IN3O21. The molecule has 1 heterocycles. The number of carboxylic acid groups (broad SMARTS) is 1. The van der Waals surface area contributed by atoms with E-state index >= 15 is 0 Å². The van der Waals surface area contributed by atoms with Crippen molar-refractivity contribution in [3.63, 3.8) is 0 Å². The SMILES string of the molecule is CC(C)Oc1cc(-c2ccc(F)cc2F)c(C2CC2)cc1C(=O)O.CC(C)Oc1cc(-c2ccc(F)cc2F)c(C2CC2)cc1C=O.COC(=O)c1cc(Br)c(-c2ccc(F)cc2F)cc1OC(C)C.COC(=O)c1ccc(-c2ccc(F)cc2F)cc1OC(C)C.COC(=O)c1ccc(I)cc1OC(C)C.O=c1[nH]c(=O)n(Br)c(=O)n1Br.OB(O)C1CC1.OB(O)c1ccc(F)cc1F. The number of aldehydes is 1. The van der Waals surface area contributed by atoms with E-state index in [1.54, 1.807) is 70.2 Å². The monoisotopic (exact) mass is 2190 g/mol. The van der Waals surface area contributed by atoms with Gasteiger partial charge in [0.05, 0.1) is 89.7 Å². The van der Waals surface area contributed by atoms with E-state index in [2.05, 4.69) is 75.6 Å². The maximum Gasteiger partial charge on any atom is 0.491 e. The smallest absolute Gasteiger partial charge is 0.490 e. The number of aromatic carboxylic acids is 1. The number of aromatic amines is 1. The van der Waals surface area contributed by atoms with Crippen molar-refractivity contribution in [3.8, 4) is 73.3 Å². The van der Waals surface area contributed by atoms with Crippen molar-refractivity contribution in [2.45, 2.75) is 156 Å². The molecule has 3 aliphatic rings. The van der Waals surface area contributed by atoms with Gasteiger partial charge in [-0.3, -0.25) is 9.78 Å². The molecule has 1 aromatic heterocycles. The van der Waals surface area contributed by atoms with Gasteiger partial charge in [-0.2, -0.15) is 7.19 Å². The van der Waals surface area contributed by atoms with E-state index in [0.717, 1.165) is 95.9 Å². The number of methoxy groups -OCH3 is 3. The number of nitrogens with zero attached hydrogens (tertiary/aromatic N) is 2. The number of benzene rings is 10. The Morgan fingerprint density at radius 1 is 0.415 bits per heavy atom. The van der Waals surface area contributed by atoms with Crippen LogP contribution in [0.1, 0.15) is 183 Å². The molecule has 14 rings (SSSR count). The molecule has 10 aromatic carbocycles. The highest BCUT2D eigenvalue weighted by Crippen LogP contribution is 2.49. The summed E-state index contributed by atoms with van der Waals surface area (Å²) in [6, 6.07) is 35.8. The predicted octanol–water partition coefficient (Wildman–Crippen LogP) is 20.4. The number of carbonyl (C=O) groups is 5. The molecule has 40 heteroatoms. The van der Waals surface area contributed by atoms with E-state index in [1.807, 2.05) is 58.7 Å². The summed E-state index contributed by atoms with van der Waals surface area (Å²) in [5.74, 6) is -6.99. The second-order valence-corrected chi connectivity index (χ2v) is 34.8. The highest BCUT2D eigenvalue weighted by molar-refractivity contribution is 14.1. The first-order valence-electron chi connectivity index (χ1n) is 41.3. The van der Waals surface area contributed by atoms with Crippen molar-refractivity contribution in [1.29, 1.82) is 0 Å². The van der Waals surface area contributed by atoms with Crippen LogP contribution in [0.15, 0.2) is 183 Å². The second kappa shape index (κ2) is 51.5. The fraction of sp³-hybridized carbons (Fsp3) is 0.284. The van der Waals surface area contributed by atoms with Crippen molar-refractivity contribution < 1.29 is 131 Å². The Balaban J connectivity index is 0.000000216. The minimum Gasteiger partial charge on any atom is -0.490 e. The molecule has 718 valence electrons. The van der Waals surface area contributed by atoms with Crippen molar-refractivity contribution in [2.24, 2.45) is 0 Å². The van der Waals surface area contributed by atoms with E-state index < -0.39 is 107 Å². The molecule has 0 radical (unpaired) electrons. The van der Waals surface area contributed by atoms with Gasteiger partial charge in [-0.25, -0.2) is 77.5 Å². The molecule has 0 bridgehead atoms. The third-order valence-corrected chi connectivity index (χ3v) is 21.4. The number of rotatable bonds is 23. The zero-order chi connectivity index (χ0) is 100. The van der Waals surface area contributed by atoms with Crippen LogP contribution < -0.4 is 46.2 Å². The van der Waals surface area contributed by atoms with Gasteiger partial charge in [0, 0.05) is 71.7 Å². The molecule has 0 atom stereocenters. The molecule has 3 fully saturated rings. The average molecular weight is 2190 g/mol. The van der Waals surface area contributed by atoms with E-state index in [-0.39, 0.29) is 98.6 Å². The third-order valence-electron chi connectivity index (χ3n) is 18.8. The van der Waals surface area contributed by atoms with Gasteiger partial charge in [0.15, 0.2) is 6.29 Å². The largest absolute Gasteiger partial charge is 0.491 e. The zero-order valence-corrected chi connectivity index (χ0v) is 81.6. The summed E-state index contributed by atoms with van der Waals surface area (Å²) in [6.07, 6.45) is 5.99. The van der Waals surface area contributed by atoms with Gasteiger partial charge in [0.1, 0.15) is 109 Å². The first-order chi connectivity index (χ1) is 63.6. The summed E-state index contributed by atoms with van der Waals surface area (Å²) in [6.45, 7) is 18.4. The van der Waals surface area contributed by atoms with Crippen molar-refractivity contribution in [2.75, 3.05) is 21.3 Å². The predicted molar refractivity (Wildman–Crippen MR) is 507 cm³/mol. The lowest BCUT2D eigenvalue weighted by atomic mass is 9.80. The highest BCUT2D eigenvalue weighted by Gasteiger charge is 2.34. The molecule has 0 amide bonds. The summed E-state index contributed by atoms with van der Waals surface area (Å²) in [7, 11) is 0.970. The number of nitrogens with one attached hydrogen (secondary N) is 1. The van der Waals surface area contributed by atoms with Crippen LogP contribution in [0.25, 0.3) is 44.5 Å². The third kappa shape index (κ3) is 33.0. The Bertz CT molecular complexity index is 6200. The number of ether oxygens (including phenoxy) is 8. The Kier molecular flexibility index (Phi) is 42.2. The number of aromatic nitrogens is 3. The molecule has 11 aromatic rings. The molecule has 0 unspecified atom stereocenters. The lowest BCUT2D eigenvalue weighted by molar-refractivity contribution is 0.0584. The molecule has 3 saturated carbocycles. The molecule has 135 heavy (non-hydrogen) atoms. The molecule has 6 N–H and O–H groups in total. The molecule has 0 saturated heterocycles. The number of hydrogen-bond acceptors (Lipinski definition) is 20. The molecular weight excluding hydrogens is 2100 g/mol. The lowest BCUT2D eigenvalue weighted by Crippen LogP contribution is -2.42. The quantitative estimate of drug-likeness (QED) is 0.00865.